The Hall–Kier alpha value is -1.97. The third-order valence-electron chi connectivity index (χ3n) is 3.95. The second-order valence-electron chi connectivity index (χ2n) is 5.97. The predicted octanol–water partition coefficient (Wildman–Crippen LogP) is 2.77. The standard InChI is InChI=1S/C15H15F4N3O2S/c1-8-5-10(16)11(6-12(8)25-7-15(17,18)19)22-14(24)21(9-3-4-9)13(23)20(22)2/h5-6,9H,3-4,7H2,1-2H3. The number of thioether (sulfide) groups is 1. The molecule has 0 N–H and O–H groups in total. The van der Waals surface area contributed by atoms with Gasteiger partial charge in [0, 0.05) is 18.0 Å². The summed E-state index contributed by atoms with van der Waals surface area (Å²) in [6.07, 6.45) is -2.98. The highest BCUT2D eigenvalue weighted by atomic mass is 32.2. The van der Waals surface area contributed by atoms with Gasteiger partial charge in [-0.15, -0.1) is 11.8 Å². The molecule has 0 unspecified atom stereocenters. The van der Waals surface area contributed by atoms with Crippen LogP contribution in [0.2, 0.25) is 0 Å². The lowest BCUT2D eigenvalue weighted by Crippen LogP contribution is -2.27. The molecular weight excluding hydrogens is 362 g/mol. The Labute approximate surface area is 143 Å². The molecule has 0 saturated heterocycles. The van der Waals surface area contributed by atoms with Crippen molar-refractivity contribution in [1.29, 1.82) is 0 Å². The Morgan fingerprint density at radius 2 is 1.84 bits per heavy atom. The lowest BCUT2D eigenvalue weighted by molar-refractivity contribution is -0.105. The molecule has 5 nitrogen and oxygen atoms in total. The molecule has 0 spiro atoms. The van der Waals surface area contributed by atoms with E-state index >= 15 is 0 Å². The van der Waals surface area contributed by atoms with Gasteiger partial charge < -0.3 is 0 Å². The predicted molar refractivity (Wildman–Crippen MR) is 85.0 cm³/mol. The van der Waals surface area contributed by atoms with Crippen molar-refractivity contribution in [1.82, 2.24) is 13.9 Å². The molecule has 0 bridgehead atoms. The highest BCUT2D eigenvalue weighted by Crippen LogP contribution is 2.33. The maximum atomic E-state index is 14.4. The summed E-state index contributed by atoms with van der Waals surface area (Å²) in [4.78, 5) is 24.9. The van der Waals surface area contributed by atoms with Crippen molar-refractivity contribution < 1.29 is 17.6 Å². The van der Waals surface area contributed by atoms with E-state index in [4.69, 9.17) is 0 Å². The minimum atomic E-state index is -4.37. The molecule has 3 rings (SSSR count). The Bertz CT molecular complexity index is 938. The van der Waals surface area contributed by atoms with Gasteiger partial charge in [0.15, 0.2) is 0 Å². The number of hydrogen-bond donors (Lipinski definition) is 0. The van der Waals surface area contributed by atoms with Gasteiger partial charge in [0.05, 0.1) is 5.75 Å². The first-order chi connectivity index (χ1) is 11.6. The van der Waals surface area contributed by atoms with Crippen molar-refractivity contribution in [3.8, 4) is 5.69 Å². The van der Waals surface area contributed by atoms with Crippen LogP contribution in [0.5, 0.6) is 0 Å². The first-order valence-corrected chi connectivity index (χ1v) is 8.49. The van der Waals surface area contributed by atoms with E-state index in [0.29, 0.717) is 30.2 Å². The number of aromatic nitrogens is 3. The summed E-state index contributed by atoms with van der Waals surface area (Å²) in [5, 5.41) is 0. The molecule has 1 saturated carbocycles. The van der Waals surface area contributed by atoms with Gasteiger partial charge in [-0.25, -0.2) is 23.2 Å². The summed E-state index contributed by atoms with van der Waals surface area (Å²) < 4.78 is 54.7. The second kappa shape index (κ2) is 6.08. The molecule has 1 aromatic heterocycles. The van der Waals surface area contributed by atoms with Crippen LogP contribution in [0.15, 0.2) is 26.6 Å². The van der Waals surface area contributed by atoms with Crippen LogP contribution in [0, 0.1) is 12.7 Å². The molecule has 1 aromatic carbocycles. The minimum absolute atomic E-state index is 0.194. The smallest absolute Gasteiger partial charge is 0.246 e. The van der Waals surface area contributed by atoms with Gasteiger partial charge in [-0.05, 0) is 37.5 Å². The van der Waals surface area contributed by atoms with Crippen LogP contribution in [0.25, 0.3) is 5.69 Å². The topological polar surface area (TPSA) is 48.9 Å². The number of rotatable bonds is 4. The van der Waals surface area contributed by atoms with Crippen molar-refractivity contribution in [2.45, 2.75) is 36.9 Å². The Kier molecular flexibility index (Phi) is 4.34. The summed E-state index contributed by atoms with van der Waals surface area (Å²) in [5.41, 5.74) is -1.17. The zero-order valence-electron chi connectivity index (χ0n) is 13.4. The zero-order chi connectivity index (χ0) is 18.5. The van der Waals surface area contributed by atoms with E-state index in [-0.39, 0.29) is 16.6 Å². The average Bonchev–Trinajstić information content (AvgIpc) is 3.29. The fourth-order valence-electron chi connectivity index (χ4n) is 2.58. The Balaban J connectivity index is 2.10. The third-order valence-corrected chi connectivity index (χ3v) is 5.17. The largest absolute Gasteiger partial charge is 0.398 e. The van der Waals surface area contributed by atoms with Gasteiger partial charge in [0.2, 0.25) is 0 Å². The number of hydrogen-bond acceptors (Lipinski definition) is 3. The lowest BCUT2D eigenvalue weighted by atomic mass is 10.2. The first kappa shape index (κ1) is 17.8. The molecule has 136 valence electrons. The lowest BCUT2D eigenvalue weighted by Gasteiger charge is -2.12. The quantitative estimate of drug-likeness (QED) is 0.608. The van der Waals surface area contributed by atoms with Crippen molar-refractivity contribution in [2.24, 2.45) is 7.05 Å². The van der Waals surface area contributed by atoms with Gasteiger partial charge in [0.25, 0.3) is 0 Å². The maximum absolute atomic E-state index is 14.4. The number of alkyl halides is 3. The van der Waals surface area contributed by atoms with E-state index in [1.54, 1.807) is 0 Å². The van der Waals surface area contributed by atoms with Gasteiger partial charge in [-0.2, -0.15) is 17.9 Å². The molecule has 0 radical (unpaired) electrons. The summed E-state index contributed by atoms with van der Waals surface area (Å²) in [6.45, 7) is 1.49. The number of aryl methyl sites for hydroxylation is 1. The monoisotopic (exact) mass is 377 g/mol. The average molecular weight is 377 g/mol. The highest BCUT2D eigenvalue weighted by molar-refractivity contribution is 7.99. The van der Waals surface area contributed by atoms with E-state index in [9.17, 15) is 27.2 Å². The third kappa shape index (κ3) is 3.39. The van der Waals surface area contributed by atoms with Crippen LogP contribution in [0.3, 0.4) is 0 Å². The van der Waals surface area contributed by atoms with Crippen molar-refractivity contribution in [3.63, 3.8) is 0 Å². The van der Waals surface area contributed by atoms with Crippen LogP contribution in [-0.2, 0) is 7.05 Å². The van der Waals surface area contributed by atoms with Crippen LogP contribution < -0.4 is 11.4 Å². The van der Waals surface area contributed by atoms with E-state index in [1.807, 2.05) is 0 Å². The van der Waals surface area contributed by atoms with Gasteiger partial charge in [-0.1, -0.05) is 0 Å². The zero-order valence-corrected chi connectivity index (χ0v) is 14.2. The second-order valence-corrected chi connectivity index (χ2v) is 6.99. The van der Waals surface area contributed by atoms with E-state index in [2.05, 4.69) is 0 Å². The fraction of sp³-hybridized carbons (Fsp3) is 0.467. The Morgan fingerprint density at radius 1 is 1.20 bits per heavy atom. The summed E-state index contributed by atoms with van der Waals surface area (Å²) in [7, 11) is 1.32. The molecule has 2 aromatic rings. The summed E-state index contributed by atoms with van der Waals surface area (Å²) in [5.74, 6) is -1.91. The molecule has 25 heavy (non-hydrogen) atoms. The molecule has 1 aliphatic rings. The van der Waals surface area contributed by atoms with Gasteiger partial charge in [-0.3, -0.25) is 0 Å². The summed E-state index contributed by atoms with van der Waals surface area (Å²) >= 11 is 0.512. The van der Waals surface area contributed by atoms with Crippen molar-refractivity contribution in [3.05, 3.63) is 44.5 Å². The Morgan fingerprint density at radius 3 is 2.40 bits per heavy atom. The molecule has 10 heteroatoms. The molecule has 1 heterocycles. The normalized spacial score (nSPS) is 15.0. The molecule has 0 amide bonds. The highest BCUT2D eigenvalue weighted by Gasteiger charge is 2.31. The SMILES string of the molecule is Cc1cc(F)c(-n2c(=O)n(C3CC3)c(=O)n2C)cc1SCC(F)(F)F. The van der Waals surface area contributed by atoms with Crippen molar-refractivity contribution in [2.75, 3.05) is 5.75 Å². The molecule has 1 fully saturated rings. The molecular formula is C15H15F4N3O2S. The van der Waals surface area contributed by atoms with Crippen LogP contribution >= 0.6 is 11.8 Å². The molecule has 1 aliphatic carbocycles. The van der Waals surface area contributed by atoms with E-state index in [1.165, 1.54) is 20.0 Å². The van der Waals surface area contributed by atoms with Crippen LogP contribution in [0.1, 0.15) is 24.4 Å². The van der Waals surface area contributed by atoms with Crippen LogP contribution in [-0.4, -0.2) is 25.9 Å². The first-order valence-electron chi connectivity index (χ1n) is 7.51. The van der Waals surface area contributed by atoms with Crippen molar-refractivity contribution >= 4 is 11.8 Å². The number of benzene rings is 1. The molecule has 0 aliphatic heterocycles. The fourth-order valence-corrected chi connectivity index (χ4v) is 3.38. The van der Waals surface area contributed by atoms with Gasteiger partial charge in [0.1, 0.15) is 11.5 Å². The van der Waals surface area contributed by atoms with E-state index in [0.717, 1.165) is 20.0 Å². The minimum Gasteiger partial charge on any atom is -0.246 e. The van der Waals surface area contributed by atoms with E-state index < -0.39 is 29.1 Å². The number of nitrogens with zero attached hydrogens (tertiary/aromatic N) is 3. The van der Waals surface area contributed by atoms with Crippen LogP contribution in [0.4, 0.5) is 17.6 Å². The maximum Gasteiger partial charge on any atom is 0.398 e. The van der Waals surface area contributed by atoms with Gasteiger partial charge >= 0.3 is 17.6 Å². The summed E-state index contributed by atoms with van der Waals surface area (Å²) in [6, 6.07) is 2.05. The number of halogens is 4. The molecule has 0 atom stereocenters.